The zero-order chi connectivity index (χ0) is 19.9. The molecule has 0 spiro atoms. The highest BCUT2D eigenvalue weighted by atomic mass is 19.4. The Kier molecular flexibility index (Phi) is 7.09. The largest absolute Gasteiger partial charge is 0.573 e. The Balaban J connectivity index is 1.95. The van der Waals surface area contributed by atoms with Gasteiger partial charge in [0.05, 0.1) is 7.11 Å². The van der Waals surface area contributed by atoms with E-state index in [0.717, 1.165) is 24.3 Å². The summed E-state index contributed by atoms with van der Waals surface area (Å²) in [6, 6.07) is 7.90. The number of nitrogens with one attached hydrogen (secondary N) is 1. The molecule has 148 valence electrons. The lowest BCUT2D eigenvalue weighted by atomic mass is 10.1. The van der Waals surface area contributed by atoms with Crippen LogP contribution >= 0.6 is 0 Å². The molecule has 0 aliphatic rings. The van der Waals surface area contributed by atoms with Gasteiger partial charge in [0, 0.05) is 26.2 Å². The van der Waals surface area contributed by atoms with Crippen molar-refractivity contribution in [1.29, 1.82) is 0 Å². The van der Waals surface area contributed by atoms with Crippen molar-refractivity contribution in [1.82, 2.24) is 9.97 Å². The Labute approximate surface area is 156 Å². The molecule has 1 heterocycles. The van der Waals surface area contributed by atoms with Gasteiger partial charge in [-0.25, -0.2) is 0 Å². The van der Waals surface area contributed by atoms with Crippen molar-refractivity contribution < 1.29 is 22.6 Å². The summed E-state index contributed by atoms with van der Waals surface area (Å²) < 4.78 is 45.5. The Hall–Kier alpha value is -2.71. The Bertz CT molecular complexity index is 724. The topological polar surface area (TPSA) is 59.5 Å². The molecule has 0 atom stereocenters. The maximum absolute atomic E-state index is 12.2. The molecule has 9 heteroatoms. The summed E-state index contributed by atoms with van der Waals surface area (Å²) in [6.07, 6.45) is -3.09. The number of anilines is 2. The second-order valence-corrected chi connectivity index (χ2v) is 5.89. The lowest BCUT2D eigenvalue weighted by molar-refractivity contribution is -0.274. The molecule has 1 N–H and O–H groups in total. The maximum Gasteiger partial charge on any atom is 0.573 e. The normalized spacial score (nSPS) is 11.2. The first-order valence-electron chi connectivity index (χ1n) is 8.53. The SMILES string of the molecule is CCCN(C)c1cc(NCCc2ccc(OC(F)(F)F)cc2)nc(OC)n1. The molecule has 0 unspecified atom stereocenters. The predicted octanol–water partition coefficient (Wildman–Crippen LogP) is 3.88. The number of hydrogen-bond acceptors (Lipinski definition) is 6. The molecular formula is C18H23F3N4O2. The van der Waals surface area contributed by atoms with Crippen LogP contribution in [0, 0.1) is 0 Å². The third-order valence-electron chi connectivity index (χ3n) is 3.70. The number of alkyl halides is 3. The third-order valence-corrected chi connectivity index (χ3v) is 3.70. The number of rotatable bonds is 9. The summed E-state index contributed by atoms with van der Waals surface area (Å²) in [5.41, 5.74) is 0.876. The number of benzene rings is 1. The lowest BCUT2D eigenvalue weighted by Crippen LogP contribution is -2.20. The van der Waals surface area contributed by atoms with Crippen LogP contribution in [0.4, 0.5) is 24.8 Å². The van der Waals surface area contributed by atoms with Crippen LogP contribution in [0.15, 0.2) is 30.3 Å². The molecule has 2 aromatic rings. The van der Waals surface area contributed by atoms with E-state index in [2.05, 4.69) is 26.9 Å². The predicted molar refractivity (Wildman–Crippen MR) is 97.5 cm³/mol. The van der Waals surface area contributed by atoms with Crippen LogP contribution in [-0.4, -0.2) is 43.6 Å². The van der Waals surface area contributed by atoms with Crippen molar-refractivity contribution in [3.8, 4) is 11.8 Å². The van der Waals surface area contributed by atoms with Crippen molar-refractivity contribution >= 4 is 11.6 Å². The van der Waals surface area contributed by atoms with Gasteiger partial charge in [-0.2, -0.15) is 9.97 Å². The van der Waals surface area contributed by atoms with Gasteiger partial charge in [-0.1, -0.05) is 19.1 Å². The summed E-state index contributed by atoms with van der Waals surface area (Å²) in [5.74, 6) is 1.14. The average molecular weight is 384 g/mol. The molecule has 0 aliphatic heterocycles. The minimum atomic E-state index is -4.68. The average Bonchev–Trinajstić information content (AvgIpc) is 2.62. The fourth-order valence-electron chi connectivity index (χ4n) is 2.43. The number of hydrogen-bond donors (Lipinski definition) is 1. The quantitative estimate of drug-likeness (QED) is 0.708. The van der Waals surface area contributed by atoms with Crippen LogP contribution in [-0.2, 0) is 6.42 Å². The van der Waals surface area contributed by atoms with Crippen LogP contribution in [0.25, 0.3) is 0 Å². The van der Waals surface area contributed by atoms with Crippen LogP contribution in [0.1, 0.15) is 18.9 Å². The van der Waals surface area contributed by atoms with Gasteiger partial charge in [-0.15, -0.1) is 13.2 Å². The summed E-state index contributed by atoms with van der Waals surface area (Å²) in [5, 5.41) is 3.19. The number of ether oxygens (including phenoxy) is 2. The summed E-state index contributed by atoms with van der Waals surface area (Å²) >= 11 is 0. The molecule has 0 amide bonds. The Morgan fingerprint density at radius 3 is 2.44 bits per heavy atom. The van der Waals surface area contributed by atoms with E-state index in [4.69, 9.17) is 4.74 Å². The highest BCUT2D eigenvalue weighted by Gasteiger charge is 2.30. The van der Waals surface area contributed by atoms with Gasteiger partial charge in [-0.05, 0) is 30.5 Å². The summed E-state index contributed by atoms with van der Waals surface area (Å²) in [7, 11) is 3.45. The number of nitrogens with zero attached hydrogens (tertiary/aromatic N) is 3. The first-order chi connectivity index (χ1) is 12.8. The molecule has 27 heavy (non-hydrogen) atoms. The fourth-order valence-corrected chi connectivity index (χ4v) is 2.43. The molecule has 0 bridgehead atoms. The maximum atomic E-state index is 12.2. The van der Waals surface area contributed by atoms with Gasteiger partial charge in [0.15, 0.2) is 0 Å². The van der Waals surface area contributed by atoms with Gasteiger partial charge in [0.1, 0.15) is 17.4 Å². The van der Waals surface area contributed by atoms with Crippen LogP contribution in [0.2, 0.25) is 0 Å². The second-order valence-electron chi connectivity index (χ2n) is 5.89. The molecule has 6 nitrogen and oxygen atoms in total. The molecular weight excluding hydrogens is 361 g/mol. The number of aromatic nitrogens is 2. The summed E-state index contributed by atoms with van der Waals surface area (Å²) in [6.45, 7) is 3.49. The molecule has 0 radical (unpaired) electrons. The van der Waals surface area contributed by atoms with Gasteiger partial charge in [0.25, 0.3) is 0 Å². The van der Waals surface area contributed by atoms with Crippen molar-refractivity contribution in [3.05, 3.63) is 35.9 Å². The van der Waals surface area contributed by atoms with E-state index in [1.54, 1.807) is 12.1 Å². The molecule has 0 saturated carbocycles. The minimum absolute atomic E-state index is 0.233. The van der Waals surface area contributed by atoms with E-state index in [1.165, 1.54) is 19.2 Å². The highest BCUT2D eigenvalue weighted by molar-refractivity contribution is 5.50. The first kappa shape index (κ1) is 20.6. The van der Waals surface area contributed by atoms with E-state index in [-0.39, 0.29) is 11.8 Å². The molecule has 1 aromatic carbocycles. The Morgan fingerprint density at radius 1 is 1.15 bits per heavy atom. The van der Waals surface area contributed by atoms with Gasteiger partial charge >= 0.3 is 12.4 Å². The zero-order valence-corrected chi connectivity index (χ0v) is 15.5. The first-order valence-corrected chi connectivity index (χ1v) is 8.53. The monoisotopic (exact) mass is 384 g/mol. The van der Waals surface area contributed by atoms with E-state index >= 15 is 0 Å². The van der Waals surface area contributed by atoms with Crippen LogP contribution in [0.3, 0.4) is 0 Å². The Morgan fingerprint density at radius 2 is 1.85 bits per heavy atom. The van der Waals surface area contributed by atoms with E-state index in [0.29, 0.717) is 18.8 Å². The standard InChI is InChI=1S/C18H23F3N4O2/c1-4-11-25(2)16-12-15(23-17(24-16)26-3)22-10-9-13-5-7-14(8-6-13)27-18(19,20)21/h5-8,12H,4,9-11H2,1-3H3,(H,22,23,24). The number of methoxy groups -OCH3 is 1. The van der Waals surface area contributed by atoms with Crippen LogP contribution in [0.5, 0.6) is 11.8 Å². The molecule has 0 aliphatic carbocycles. The number of halogens is 3. The molecule has 1 aromatic heterocycles. The minimum Gasteiger partial charge on any atom is -0.467 e. The van der Waals surface area contributed by atoms with Gasteiger partial charge in [-0.3, -0.25) is 0 Å². The molecule has 0 fully saturated rings. The second kappa shape index (κ2) is 9.29. The zero-order valence-electron chi connectivity index (χ0n) is 15.5. The van der Waals surface area contributed by atoms with Crippen molar-refractivity contribution in [2.45, 2.75) is 26.1 Å². The lowest BCUT2D eigenvalue weighted by Gasteiger charge is -2.18. The summed E-state index contributed by atoms with van der Waals surface area (Å²) in [4.78, 5) is 10.6. The van der Waals surface area contributed by atoms with E-state index < -0.39 is 6.36 Å². The van der Waals surface area contributed by atoms with E-state index in [9.17, 15) is 13.2 Å². The van der Waals surface area contributed by atoms with Crippen molar-refractivity contribution in [2.24, 2.45) is 0 Å². The fraction of sp³-hybridized carbons (Fsp3) is 0.444. The highest BCUT2D eigenvalue weighted by Crippen LogP contribution is 2.23. The third kappa shape index (κ3) is 6.84. The van der Waals surface area contributed by atoms with Gasteiger partial charge < -0.3 is 19.7 Å². The molecule has 0 saturated heterocycles. The van der Waals surface area contributed by atoms with Crippen molar-refractivity contribution in [2.75, 3.05) is 37.5 Å². The van der Waals surface area contributed by atoms with Crippen molar-refractivity contribution in [3.63, 3.8) is 0 Å². The van der Waals surface area contributed by atoms with Crippen LogP contribution < -0.4 is 19.7 Å². The van der Waals surface area contributed by atoms with E-state index in [1.807, 2.05) is 18.0 Å². The van der Waals surface area contributed by atoms with Gasteiger partial charge in [0.2, 0.25) is 0 Å². The smallest absolute Gasteiger partial charge is 0.467 e. The molecule has 2 rings (SSSR count).